The van der Waals surface area contributed by atoms with Gasteiger partial charge >= 0.3 is 0 Å². The van der Waals surface area contributed by atoms with Crippen molar-refractivity contribution in [1.82, 2.24) is 0 Å². The molecule has 7 nitrogen and oxygen atoms in total. The van der Waals surface area contributed by atoms with Gasteiger partial charge in [0, 0.05) is 0 Å². The van der Waals surface area contributed by atoms with Crippen LogP contribution in [0.5, 0.6) is 0 Å². The average molecular weight is 384 g/mol. The van der Waals surface area contributed by atoms with Crippen molar-refractivity contribution in [2.24, 2.45) is 5.16 Å². The lowest BCUT2D eigenvalue weighted by atomic mass is 10.0. The van der Waals surface area contributed by atoms with E-state index in [2.05, 4.69) is 11.4 Å². The van der Waals surface area contributed by atoms with Crippen molar-refractivity contribution >= 4 is 28.6 Å². The van der Waals surface area contributed by atoms with Gasteiger partial charge in [0.05, 0.1) is 6.61 Å². The Hall–Kier alpha value is -0.0300. The number of aliphatic hydroxyl groups is 4. The Bertz CT molecular complexity index is 372. The van der Waals surface area contributed by atoms with Crippen molar-refractivity contribution in [2.75, 3.05) is 18.6 Å². The lowest BCUT2D eigenvalue weighted by Crippen LogP contribution is -2.57. The van der Waals surface area contributed by atoms with E-state index in [9.17, 15) is 15.3 Å². The molecule has 5 N–H and O–H groups in total. The maximum absolute atomic E-state index is 9.98. The highest BCUT2D eigenvalue weighted by Crippen LogP contribution is 2.30. The molecule has 0 amide bonds. The molecule has 0 bridgehead atoms. The van der Waals surface area contributed by atoms with E-state index in [-0.39, 0.29) is 0 Å². The maximum atomic E-state index is 9.98. The largest absolute Gasteiger partial charge is 0.410 e. The topological polar surface area (TPSA) is 123 Å². The van der Waals surface area contributed by atoms with Crippen LogP contribution >= 0.6 is 23.5 Å². The molecule has 1 fully saturated rings. The van der Waals surface area contributed by atoms with Crippen molar-refractivity contribution < 1.29 is 30.4 Å². The fourth-order valence-electron chi connectivity index (χ4n) is 2.48. The second-order valence-corrected chi connectivity index (χ2v) is 7.98. The minimum Gasteiger partial charge on any atom is -0.410 e. The minimum atomic E-state index is -1.41. The Labute approximate surface area is 151 Å². The summed E-state index contributed by atoms with van der Waals surface area (Å²) < 4.78 is 5.39. The van der Waals surface area contributed by atoms with E-state index >= 15 is 0 Å². The summed E-state index contributed by atoms with van der Waals surface area (Å²) in [6, 6.07) is 0. The first-order valence-electron chi connectivity index (χ1n) is 8.22. The predicted octanol–water partition coefficient (Wildman–Crippen LogP) is 1.01. The number of oxime groups is 1. The zero-order valence-corrected chi connectivity index (χ0v) is 15.6. The summed E-state index contributed by atoms with van der Waals surface area (Å²) in [6.07, 6.45) is 3.01. The van der Waals surface area contributed by atoms with Crippen LogP contribution in [0.15, 0.2) is 5.16 Å². The molecule has 1 heterocycles. The first-order valence-corrected chi connectivity index (χ1v) is 10.5. The molecule has 0 unspecified atom stereocenters. The number of thioether (sulfide) groups is 2. The Kier molecular flexibility index (Phi) is 11.3. The van der Waals surface area contributed by atoms with E-state index in [0.29, 0.717) is 11.5 Å². The van der Waals surface area contributed by atoms with Crippen molar-refractivity contribution in [3.05, 3.63) is 0 Å². The first-order chi connectivity index (χ1) is 11.5. The van der Waals surface area contributed by atoms with E-state index in [1.165, 1.54) is 18.6 Å². The van der Waals surface area contributed by atoms with Gasteiger partial charge in [-0.15, -0.1) is 0 Å². The van der Waals surface area contributed by atoms with Gasteiger partial charge in [-0.3, -0.25) is 0 Å². The van der Waals surface area contributed by atoms with E-state index < -0.39 is 36.5 Å². The van der Waals surface area contributed by atoms with Crippen LogP contribution in [0, 0.1) is 0 Å². The van der Waals surface area contributed by atoms with Crippen LogP contribution in [0.3, 0.4) is 0 Å². The summed E-state index contributed by atoms with van der Waals surface area (Å²) in [6.45, 7) is -0.469. The number of aliphatic hydroxyl groups excluding tert-OH is 4. The van der Waals surface area contributed by atoms with Crippen LogP contribution in [0.4, 0.5) is 0 Å². The second kappa shape index (κ2) is 12.3. The molecular weight excluding hydrogens is 354 g/mol. The van der Waals surface area contributed by atoms with Crippen LogP contribution < -0.4 is 0 Å². The normalized spacial score (nSPS) is 31.4. The lowest BCUT2D eigenvalue weighted by Gasteiger charge is -2.39. The number of hydrogen-bond donors (Lipinski definition) is 5. The van der Waals surface area contributed by atoms with Gasteiger partial charge in [0.1, 0.15) is 34.9 Å². The van der Waals surface area contributed by atoms with Crippen LogP contribution in [-0.4, -0.2) is 79.1 Å². The molecule has 9 heteroatoms. The van der Waals surface area contributed by atoms with Crippen molar-refractivity contribution in [2.45, 2.75) is 68.4 Å². The highest BCUT2D eigenvalue weighted by atomic mass is 32.2. The van der Waals surface area contributed by atoms with Gasteiger partial charge in [0.25, 0.3) is 0 Å². The molecule has 1 saturated heterocycles. The standard InChI is InChI=1S/C15H29NO6S2/c1-23-8-6-4-2-3-5-7-11(16-21)24-15-14(20)13(19)12(18)10(9-17)22-15/h10,12-15,17-21H,2-9H2,1H3/b16-11+/t10-,12-,13+,14-,15+/m1/s1. The summed E-state index contributed by atoms with van der Waals surface area (Å²) >= 11 is 2.86. The number of unbranched alkanes of at least 4 members (excludes halogenated alkanes) is 4. The predicted molar refractivity (Wildman–Crippen MR) is 96.7 cm³/mol. The molecule has 0 aliphatic carbocycles. The summed E-state index contributed by atoms with van der Waals surface area (Å²) in [5.74, 6) is 1.18. The Morgan fingerprint density at radius 1 is 1.00 bits per heavy atom. The van der Waals surface area contributed by atoms with Gasteiger partial charge in [0.15, 0.2) is 0 Å². The second-order valence-electron chi connectivity index (χ2n) is 5.82. The van der Waals surface area contributed by atoms with Crippen LogP contribution in [-0.2, 0) is 4.74 Å². The smallest absolute Gasteiger partial charge is 0.138 e. The van der Waals surface area contributed by atoms with Crippen molar-refractivity contribution in [3.8, 4) is 0 Å². The SMILES string of the molecule is CSCCCCCCC/C(=N\O)S[C@@H]1O[C@H](CO)[C@@H](O)[C@H](O)[C@H]1O. The molecule has 0 spiro atoms. The molecule has 0 aromatic carbocycles. The quantitative estimate of drug-likeness (QED) is 0.125. The third-order valence-corrected chi connectivity index (χ3v) is 5.83. The first kappa shape index (κ1) is 22.0. The summed E-state index contributed by atoms with van der Waals surface area (Å²) in [7, 11) is 0. The molecule has 0 aromatic rings. The van der Waals surface area contributed by atoms with Crippen molar-refractivity contribution in [1.29, 1.82) is 0 Å². The zero-order chi connectivity index (χ0) is 17.9. The molecular formula is C15H29NO6S2. The molecule has 142 valence electrons. The van der Waals surface area contributed by atoms with E-state index in [4.69, 9.17) is 15.1 Å². The van der Waals surface area contributed by atoms with Gasteiger partial charge in [-0.2, -0.15) is 11.8 Å². The molecule has 0 radical (unpaired) electrons. The van der Waals surface area contributed by atoms with Gasteiger partial charge in [-0.1, -0.05) is 36.2 Å². The van der Waals surface area contributed by atoms with E-state index in [1.807, 2.05) is 11.8 Å². The Morgan fingerprint density at radius 2 is 1.67 bits per heavy atom. The third-order valence-electron chi connectivity index (χ3n) is 3.95. The molecule has 1 aliphatic heterocycles. The van der Waals surface area contributed by atoms with Crippen LogP contribution in [0.2, 0.25) is 0 Å². The highest BCUT2D eigenvalue weighted by molar-refractivity contribution is 8.14. The van der Waals surface area contributed by atoms with Gasteiger partial charge in [-0.25, -0.2) is 0 Å². The maximum Gasteiger partial charge on any atom is 0.138 e. The van der Waals surface area contributed by atoms with Crippen LogP contribution in [0.1, 0.15) is 38.5 Å². The van der Waals surface area contributed by atoms with E-state index in [0.717, 1.165) is 31.0 Å². The molecule has 24 heavy (non-hydrogen) atoms. The van der Waals surface area contributed by atoms with Gasteiger partial charge in [0.2, 0.25) is 0 Å². The van der Waals surface area contributed by atoms with Gasteiger partial charge in [-0.05, 0) is 31.3 Å². The molecule has 1 rings (SSSR count). The number of rotatable bonds is 10. The minimum absolute atomic E-state index is 0.406. The number of nitrogens with zero attached hydrogens (tertiary/aromatic N) is 1. The molecule has 0 aromatic heterocycles. The Morgan fingerprint density at radius 3 is 2.29 bits per heavy atom. The molecule has 1 aliphatic rings. The summed E-state index contributed by atoms with van der Waals surface area (Å²) in [5, 5.41) is 51.4. The van der Waals surface area contributed by atoms with Crippen LogP contribution in [0.25, 0.3) is 0 Å². The Balaban J connectivity index is 2.36. The third kappa shape index (κ3) is 7.07. The van der Waals surface area contributed by atoms with Crippen molar-refractivity contribution in [3.63, 3.8) is 0 Å². The molecule has 0 saturated carbocycles. The van der Waals surface area contributed by atoms with E-state index in [1.54, 1.807) is 0 Å². The summed E-state index contributed by atoms with van der Waals surface area (Å²) in [4.78, 5) is 0. The fraction of sp³-hybridized carbons (Fsp3) is 0.933. The number of hydrogen-bond acceptors (Lipinski definition) is 9. The number of ether oxygens (including phenoxy) is 1. The average Bonchev–Trinajstić information content (AvgIpc) is 2.59. The summed E-state index contributed by atoms with van der Waals surface area (Å²) in [5.41, 5.74) is -0.895. The monoisotopic (exact) mass is 383 g/mol. The lowest BCUT2D eigenvalue weighted by molar-refractivity contribution is -0.205. The van der Waals surface area contributed by atoms with Gasteiger partial charge < -0.3 is 30.4 Å². The zero-order valence-electron chi connectivity index (χ0n) is 14.0. The fourth-order valence-corrected chi connectivity index (χ4v) is 4.05. The highest BCUT2D eigenvalue weighted by Gasteiger charge is 2.44. The molecule has 5 atom stereocenters.